The molecule has 1 atom stereocenters. The Bertz CT molecular complexity index is 438. The average Bonchev–Trinajstić information content (AvgIpc) is 2.29. The molecule has 5 nitrogen and oxygen atoms in total. The molecule has 0 bridgehead atoms. The molecule has 1 aromatic heterocycles. The van der Waals surface area contributed by atoms with E-state index in [0.717, 1.165) is 6.42 Å². The van der Waals surface area contributed by atoms with E-state index in [2.05, 4.69) is 15.3 Å². The van der Waals surface area contributed by atoms with Crippen molar-refractivity contribution < 1.29 is 14.3 Å². The van der Waals surface area contributed by atoms with Crippen LogP contribution in [0.25, 0.3) is 0 Å². The minimum absolute atomic E-state index is 0.0489. The quantitative estimate of drug-likeness (QED) is 0.795. The highest BCUT2D eigenvalue weighted by Crippen LogP contribution is 2.18. The van der Waals surface area contributed by atoms with Crippen LogP contribution in [0.4, 0.5) is 10.2 Å². The fourth-order valence-corrected chi connectivity index (χ4v) is 1.97. The Labute approximate surface area is 112 Å². The molecule has 1 heterocycles. The van der Waals surface area contributed by atoms with E-state index >= 15 is 0 Å². The van der Waals surface area contributed by atoms with Gasteiger partial charge in [-0.25, -0.2) is 14.4 Å². The lowest BCUT2D eigenvalue weighted by atomic mass is 9.94. The molecule has 0 amide bonds. The normalized spacial score (nSPS) is 12.5. The van der Waals surface area contributed by atoms with Gasteiger partial charge in [0.2, 0.25) is 0 Å². The van der Waals surface area contributed by atoms with Crippen molar-refractivity contribution in [3.63, 3.8) is 0 Å². The van der Waals surface area contributed by atoms with Crippen LogP contribution >= 0.6 is 0 Å². The lowest BCUT2D eigenvalue weighted by Gasteiger charge is -2.18. The second-order valence-corrected chi connectivity index (χ2v) is 5.10. The summed E-state index contributed by atoms with van der Waals surface area (Å²) in [6.45, 7) is 6.01. The van der Waals surface area contributed by atoms with Crippen LogP contribution in [0.2, 0.25) is 0 Å². The molecule has 6 heteroatoms. The van der Waals surface area contributed by atoms with Crippen molar-refractivity contribution in [1.82, 2.24) is 9.97 Å². The van der Waals surface area contributed by atoms with Gasteiger partial charge in [0.25, 0.3) is 0 Å². The van der Waals surface area contributed by atoms with E-state index in [-0.39, 0.29) is 23.9 Å². The third-order valence-corrected chi connectivity index (χ3v) is 2.79. The first-order valence-corrected chi connectivity index (χ1v) is 6.33. The number of anilines is 1. The topological polar surface area (TPSA) is 75.1 Å². The summed E-state index contributed by atoms with van der Waals surface area (Å²) in [4.78, 5) is 18.4. The van der Waals surface area contributed by atoms with Gasteiger partial charge in [0.15, 0.2) is 11.6 Å². The fraction of sp³-hybridized carbons (Fsp3) is 0.615. The zero-order valence-electron chi connectivity index (χ0n) is 11.5. The van der Waals surface area contributed by atoms with Crippen LogP contribution < -0.4 is 5.32 Å². The number of nitrogens with one attached hydrogen (secondary N) is 1. The molecule has 1 rings (SSSR count). The third-order valence-electron chi connectivity index (χ3n) is 2.79. The maximum atomic E-state index is 13.7. The first-order chi connectivity index (χ1) is 8.90. The summed E-state index contributed by atoms with van der Waals surface area (Å²) in [6.07, 6.45) is 2.12. The molecule has 0 aromatic carbocycles. The first kappa shape index (κ1) is 15.3. The molecule has 1 aromatic rings. The van der Waals surface area contributed by atoms with Gasteiger partial charge in [-0.2, -0.15) is 0 Å². The standard InChI is InChI=1S/C13H20FN3O2/c1-8(2)4-10(5-11(18)19)6-15-13-12(14)9(3)16-7-17-13/h7-8,10H,4-6H2,1-3H3,(H,18,19)(H,15,16,17). The van der Waals surface area contributed by atoms with Crippen molar-refractivity contribution >= 4 is 11.8 Å². The Morgan fingerprint density at radius 1 is 1.47 bits per heavy atom. The number of nitrogens with zero attached hydrogens (tertiary/aromatic N) is 2. The fourth-order valence-electron chi connectivity index (χ4n) is 1.97. The molecule has 0 aliphatic heterocycles. The highest BCUT2D eigenvalue weighted by molar-refractivity contribution is 5.67. The van der Waals surface area contributed by atoms with Crippen LogP contribution in [0, 0.1) is 24.6 Å². The van der Waals surface area contributed by atoms with E-state index in [1.165, 1.54) is 6.33 Å². The van der Waals surface area contributed by atoms with Gasteiger partial charge in [-0.1, -0.05) is 13.8 Å². The number of hydrogen-bond acceptors (Lipinski definition) is 4. The Morgan fingerprint density at radius 2 is 2.16 bits per heavy atom. The molecular weight excluding hydrogens is 249 g/mol. The molecule has 2 N–H and O–H groups in total. The molecular formula is C13H20FN3O2. The number of aromatic nitrogens is 2. The van der Waals surface area contributed by atoms with Gasteiger partial charge in [0, 0.05) is 13.0 Å². The molecule has 0 radical (unpaired) electrons. The summed E-state index contributed by atoms with van der Waals surface area (Å²) < 4.78 is 13.7. The van der Waals surface area contributed by atoms with E-state index in [1.54, 1.807) is 6.92 Å². The number of carboxylic acids is 1. The first-order valence-electron chi connectivity index (χ1n) is 6.33. The van der Waals surface area contributed by atoms with E-state index in [9.17, 15) is 9.18 Å². The van der Waals surface area contributed by atoms with Gasteiger partial charge >= 0.3 is 5.97 Å². The Balaban J connectivity index is 2.64. The summed E-state index contributed by atoms with van der Waals surface area (Å²) in [5.74, 6) is -0.852. The number of hydrogen-bond donors (Lipinski definition) is 2. The highest BCUT2D eigenvalue weighted by atomic mass is 19.1. The molecule has 1 unspecified atom stereocenters. The minimum Gasteiger partial charge on any atom is -0.481 e. The van der Waals surface area contributed by atoms with Crippen molar-refractivity contribution in [3.8, 4) is 0 Å². The van der Waals surface area contributed by atoms with E-state index in [4.69, 9.17) is 5.11 Å². The molecule has 0 spiro atoms. The molecule has 0 saturated heterocycles. The molecule has 19 heavy (non-hydrogen) atoms. The van der Waals surface area contributed by atoms with Crippen molar-refractivity contribution in [2.75, 3.05) is 11.9 Å². The van der Waals surface area contributed by atoms with Crippen LogP contribution in [0.3, 0.4) is 0 Å². The monoisotopic (exact) mass is 269 g/mol. The Hall–Kier alpha value is -1.72. The lowest BCUT2D eigenvalue weighted by molar-refractivity contribution is -0.138. The number of carbonyl (C=O) groups is 1. The van der Waals surface area contributed by atoms with Gasteiger partial charge in [-0.05, 0) is 25.2 Å². The molecule has 0 aliphatic rings. The summed E-state index contributed by atoms with van der Waals surface area (Å²) in [5, 5.41) is 11.7. The summed E-state index contributed by atoms with van der Waals surface area (Å²) >= 11 is 0. The van der Waals surface area contributed by atoms with Gasteiger partial charge in [0.05, 0.1) is 5.69 Å². The average molecular weight is 269 g/mol. The number of aliphatic carboxylic acids is 1. The zero-order chi connectivity index (χ0) is 14.4. The second-order valence-electron chi connectivity index (χ2n) is 5.10. The number of aryl methyl sites for hydroxylation is 1. The predicted octanol–water partition coefficient (Wildman–Crippen LogP) is 2.47. The van der Waals surface area contributed by atoms with Crippen LogP contribution in [0.15, 0.2) is 6.33 Å². The SMILES string of the molecule is Cc1ncnc(NCC(CC(=O)O)CC(C)C)c1F. The number of halogens is 1. The van der Waals surface area contributed by atoms with Crippen molar-refractivity contribution in [1.29, 1.82) is 0 Å². The summed E-state index contributed by atoms with van der Waals surface area (Å²) in [7, 11) is 0. The summed E-state index contributed by atoms with van der Waals surface area (Å²) in [6, 6.07) is 0. The predicted molar refractivity (Wildman–Crippen MR) is 70.4 cm³/mol. The Morgan fingerprint density at radius 3 is 2.74 bits per heavy atom. The van der Waals surface area contributed by atoms with E-state index in [1.807, 2.05) is 13.8 Å². The number of rotatable bonds is 7. The van der Waals surface area contributed by atoms with Crippen LogP contribution in [0.5, 0.6) is 0 Å². The van der Waals surface area contributed by atoms with Gasteiger partial charge in [-0.15, -0.1) is 0 Å². The van der Waals surface area contributed by atoms with Crippen molar-refractivity contribution in [2.24, 2.45) is 11.8 Å². The number of carboxylic acid groups (broad SMARTS) is 1. The van der Waals surface area contributed by atoms with E-state index < -0.39 is 11.8 Å². The molecule has 0 aliphatic carbocycles. The van der Waals surface area contributed by atoms with Crippen LogP contribution in [-0.2, 0) is 4.79 Å². The maximum Gasteiger partial charge on any atom is 0.303 e. The van der Waals surface area contributed by atoms with Crippen LogP contribution in [-0.4, -0.2) is 27.6 Å². The van der Waals surface area contributed by atoms with Gasteiger partial charge < -0.3 is 10.4 Å². The largest absolute Gasteiger partial charge is 0.481 e. The van der Waals surface area contributed by atoms with E-state index in [0.29, 0.717) is 12.5 Å². The zero-order valence-corrected chi connectivity index (χ0v) is 11.5. The van der Waals surface area contributed by atoms with Gasteiger partial charge in [0.1, 0.15) is 6.33 Å². The second kappa shape index (κ2) is 7.01. The smallest absolute Gasteiger partial charge is 0.303 e. The van der Waals surface area contributed by atoms with Crippen molar-refractivity contribution in [2.45, 2.75) is 33.6 Å². The van der Waals surface area contributed by atoms with Crippen LogP contribution in [0.1, 0.15) is 32.4 Å². The third kappa shape index (κ3) is 5.19. The van der Waals surface area contributed by atoms with Gasteiger partial charge in [-0.3, -0.25) is 4.79 Å². The Kier molecular flexibility index (Phi) is 5.66. The molecule has 0 saturated carbocycles. The maximum absolute atomic E-state index is 13.7. The van der Waals surface area contributed by atoms with Crippen molar-refractivity contribution in [3.05, 3.63) is 17.8 Å². The molecule has 106 valence electrons. The minimum atomic E-state index is -0.841. The molecule has 0 fully saturated rings. The highest BCUT2D eigenvalue weighted by Gasteiger charge is 2.16. The lowest BCUT2D eigenvalue weighted by Crippen LogP contribution is -2.21. The summed E-state index contributed by atoms with van der Waals surface area (Å²) in [5.41, 5.74) is 0.274.